The normalized spacial score (nSPS) is 10.9. The van der Waals surface area contributed by atoms with Gasteiger partial charge >= 0.3 is 0 Å². The first-order valence-corrected chi connectivity index (χ1v) is 6.28. The van der Waals surface area contributed by atoms with Crippen molar-refractivity contribution in [3.63, 3.8) is 0 Å². The third kappa shape index (κ3) is 1.78. The van der Waals surface area contributed by atoms with Crippen LogP contribution in [0.15, 0.2) is 42.5 Å². The molecule has 0 aliphatic carbocycles. The highest BCUT2D eigenvalue weighted by atomic mass is 32.1. The van der Waals surface area contributed by atoms with E-state index >= 15 is 0 Å². The topological polar surface area (TPSA) is 38.9 Å². The Bertz CT molecular complexity index is 686. The fraction of sp³-hybridized carbons (Fsp3) is 0.0714. The van der Waals surface area contributed by atoms with E-state index in [0.29, 0.717) is 5.13 Å². The molecule has 0 spiro atoms. The van der Waals surface area contributed by atoms with E-state index in [1.165, 1.54) is 28.0 Å². The second-order valence-electron chi connectivity index (χ2n) is 4.05. The number of rotatable bonds is 1. The number of nitrogens with two attached hydrogens (primary N) is 1. The Morgan fingerprint density at radius 1 is 1.12 bits per heavy atom. The van der Waals surface area contributed by atoms with Gasteiger partial charge in [0.2, 0.25) is 0 Å². The largest absolute Gasteiger partial charge is 0.375 e. The molecule has 3 aromatic rings. The van der Waals surface area contributed by atoms with Crippen LogP contribution >= 0.6 is 11.3 Å². The molecule has 1 aromatic heterocycles. The Labute approximate surface area is 104 Å². The Hall–Kier alpha value is -1.87. The first-order valence-electron chi connectivity index (χ1n) is 5.46. The lowest BCUT2D eigenvalue weighted by Crippen LogP contribution is -1.82. The lowest BCUT2D eigenvalue weighted by atomic mass is 10.0. The lowest BCUT2D eigenvalue weighted by molar-refractivity contribution is 1.46. The van der Waals surface area contributed by atoms with Gasteiger partial charge in [0, 0.05) is 0 Å². The Balaban J connectivity index is 2.21. The van der Waals surface area contributed by atoms with Crippen LogP contribution in [0.5, 0.6) is 0 Å². The fourth-order valence-electron chi connectivity index (χ4n) is 2.01. The van der Waals surface area contributed by atoms with Crippen molar-refractivity contribution in [3.8, 4) is 11.1 Å². The average molecular weight is 240 g/mol. The third-order valence-electron chi connectivity index (χ3n) is 2.86. The van der Waals surface area contributed by atoms with E-state index in [2.05, 4.69) is 48.3 Å². The maximum atomic E-state index is 5.72. The minimum Gasteiger partial charge on any atom is -0.375 e. The highest BCUT2D eigenvalue weighted by molar-refractivity contribution is 7.22. The zero-order valence-electron chi connectivity index (χ0n) is 9.47. The summed E-state index contributed by atoms with van der Waals surface area (Å²) in [6.07, 6.45) is 0. The number of nitrogen functional groups attached to an aromatic ring is 1. The minimum absolute atomic E-state index is 0.627. The zero-order chi connectivity index (χ0) is 11.8. The van der Waals surface area contributed by atoms with Gasteiger partial charge in [-0.3, -0.25) is 0 Å². The maximum Gasteiger partial charge on any atom is 0.181 e. The highest BCUT2D eigenvalue weighted by Gasteiger charge is 2.05. The molecule has 0 radical (unpaired) electrons. The molecular formula is C14H12N2S. The summed E-state index contributed by atoms with van der Waals surface area (Å²) in [6.45, 7) is 2.13. The molecule has 0 amide bonds. The van der Waals surface area contributed by atoms with Gasteiger partial charge in [0.25, 0.3) is 0 Å². The summed E-state index contributed by atoms with van der Waals surface area (Å²) in [6, 6.07) is 14.7. The zero-order valence-corrected chi connectivity index (χ0v) is 10.3. The summed E-state index contributed by atoms with van der Waals surface area (Å²) >= 11 is 1.53. The van der Waals surface area contributed by atoms with Crippen LogP contribution in [-0.2, 0) is 0 Å². The number of nitrogens with zero attached hydrogens (tertiary/aromatic N) is 1. The molecule has 0 fully saturated rings. The predicted molar refractivity (Wildman–Crippen MR) is 74.2 cm³/mol. The number of fused-ring (bicyclic) bond motifs is 1. The van der Waals surface area contributed by atoms with Crippen molar-refractivity contribution in [1.29, 1.82) is 0 Å². The van der Waals surface area contributed by atoms with Crippen LogP contribution in [0.2, 0.25) is 0 Å². The van der Waals surface area contributed by atoms with E-state index < -0.39 is 0 Å². The van der Waals surface area contributed by atoms with Crippen LogP contribution in [0, 0.1) is 6.92 Å². The highest BCUT2D eigenvalue weighted by Crippen LogP contribution is 2.30. The van der Waals surface area contributed by atoms with Crippen molar-refractivity contribution >= 4 is 26.7 Å². The molecule has 0 saturated carbocycles. The third-order valence-corrected chi connectivity index (χ3v) is 3.71. The molecule has 0 unspecified atom stereocenters. The molecule has 0 bridgehead atoms. The van der Waals surface area contributed by atoms with Gasteiger partial charge in [-0.2, -0.15) is 0 Å². The molecule has 3 heteroatoms. The molecule has 0 saturated heterocycles. The molecule has 3 rings (SSSR count). The predicted octanol–water partition coefficient (Wildman–Crippen LogP) is 3.85. The van der Waals surface area contributed by atoms with Crippen LogP contribution in [0.4, 0.5) is 5.13 Å². The van der Waals surface area contributed by atoms with Crippen molar-refractivity contribution in [2.24, 2.45) is 0 Å². The van der Waals surface area contributed by atoms with Crippen molar-refractivity contribution in [2.75, 3.05) is 5.73 Å². The molecule has 2 N–H and O–H groups in total. The Morgan fingerprint density at radius 3 is 2.76 bits per heavy atom. The SMILES string of the molecule is Cc1ccccc1-c1ccc2nc(N)sc2c1. The average Bonchev–Trinajstić information content (AvgIpc) is 2.68. The monoisotopic (exact) mass is 240 g/mol. The van der Waals surface area contributed by atoms with Crippen LogP contribution in [0.3, 0.4) is 0 Å². The second kappa shape index (κ2) is 3.86. The van der Waals surface area contributed by atoms with Crippen molar-refractivity contribution in [2.45, 2.75) is 6.92 Å². The van der Waals surface area contributed by atoms with Crippen molar-refractivity contribution in [1.82, 2.24) is 4.98 Å². The smallest absolute Gasteiger partial charge is 0.181 e. The summed E-state index contributed by atoms with van der Waals surface area (Å²) in [4.78, 5) is 4.27. The number of aromatic nitrogens is 1. The Kier molecular flexibility index (Phi) is 2.34. The van der Waals surface area contributed by atoms with E-state index in [4.69, 9.17) is 5.73 Å². The van der Waals surface area contributed by atoms with E-state index in [9.17, 15) is 0 Å². The quantitative estimate of drug-likeness (QED) is 0.701. The number of benzene rings is 2. The van der Waals surface area contributed by atoms with Crippen molar-refractivity contribution < 1.29 is 0 Å². The van der Waals surface area contributed by atoms with E-state index in [1.807, 2.05) is 6.07 Å². The van der Waals surface area contributed by atoms with Crippen LogP contribution in [-0.4, -0.2) is 4.98 Å². The summed E-state index contributed by atoms with van der Waals surface area (Å²) < 4.78 is 1.14. The Morgan fingerprint density at radius 2 is 1.94 bits per heavy atom. The standard InChI is InChI=1S/C14H12N2S/c1-9-4-2-3-5-11(9)10-6-7-12-13(8-10)17-14(15)16-12/h2-8H,1H3,(H2,15,16). The van der Waals surface area contributed by atoms with Crippen LogP contribution in [0.25, 0.3) is 21.3 Å². The van der Waals surface area contributed by atoms with Crippen LogP contribution < -0.4 is 5.73 Å². The number of hydrogen-bond donors (Lipinski definition) is 1. The first kappa shape index (κ1) is 10.3. The van der Waals surface area contributed by atoms with Gasteiger partial charge in [0.1, 0.15) is 0 Å². The lowest BCUT2D eigenvalue weighted by Gasteiger charge is -2.05. The van der Waals surface area contributed by atoms with Gasteiger partial charge in [-0.05, 0) is 35.7 Å². The van der Waals surface area contributed by atoms with Gasteiger partial charge in [0.15, 0.2) is 5.13 Å². The second-order valence-corrected chi connectivity index (χ2v) is 5.11. The molecule has 0 atom stereocenters. The van der Waals surface area contributed by atoms with Gasteiger partial charge in [-0.25, -0.2) is 4.98 Å². The number of thiazole rings is 1. The molecule has 0 aliphatic rings. The molecule has 1 heterocycles. The van der Waals surface area contributed by atoms with Gasteiger partial charge < -0.3 is 5.73 Å². The summed E-state index contributed by atoms with van der Waals surface area (Å²) in [5, 5.41) is 0.627. The van der Waals surface area contributed by atoms with E-state index in [1.54, 1.807) is 0 Å². The minimum atomic E-state index is 0.627. The fourth-order valence-corrected chi connectivity index (χ4v) is 2.78. The van der Waals surface area contributed by atoms with Crippen LogP contribution in [0.1, 0.15) is 5.56 Å². The van der Waals surface area contributed by atoms with Gasteiger partial charge in [0.05, 0.1) is 10.2 Å². The molecule has 2 nitrogen and oxygen atoms in total. The molecule has 17 heavy (non-hydrogen) atoms. The van der Waals surface area contributed by atoms with E-state index in [0.717, 1.165) is 10.2 Å². The number of aryl methyl sites for hydroxylation is 1. The number of anilines is 1. The van der Waals surface area contributed by atoms with E-state index in [-0.39, 0.29) is 0 Å². The molecule has 2 aromatic carbocycles. The molecular weight excluding hydrogens is 228 g/mol. The van der Waals surface area contributed by atoms with Gasteiger partial charge in [-0.1, -0.05) is 41.7 Å². The summed E-state index contributed by atoms with van der Waals surface area (Å²) in [5.74, 6) is 0. The van der Waals surface area contributed by atoms with Gasteiger partial charge in [-0.15, -0.1) is 0 Å². The number of hydrogen-bond acceptors (Lipinski definition) is 3. The summed E-state index contributed by atoms with van der Waals surface area (Å²) in [5.41, 5.74) is 10.5. The molecule has 0 aliphatic heterocycles. The maximum absolute atomic E-state index is 5.72. The van der Waals surface area contributed by atoms with Crippen molar-refractivity contribution in [3.05, 3.63) is 48.0 Å². The first-order chi connectivity index (χ1) is 8.24. The summed E-state index contributed by atoms with van der Waals surface area (Å²) in [7, 11) is 0. The molecule has 84 valence electrons.